The Morgan fingerprint density at radius 3 is 2.82 bits per heavy atom. The number of aromatic nitrogens is 2. The van der Waals surface area contributed by atoms with E-state index in [0.29, 0.717) is 19.6 Å². The van der Waals surface area contributed by atoms with Crippen molar-refractivity contribution in [1.82, 2.24) is 20.0 Å². The molecule has 0 unspecified atom stereocenters. The van der Waals surface area contributed by atoms with Crippen LogP contribution in [-0.2, 0) is 13.0 Å². The zero-order valence-electron chi connectivity index (χ0n) is 16.0. The lowest BCUT2D eigenvalue weighted by Crippen LogP contribution is -2.38. The van der Waals surface area contributed by atoms with Crippen LogP contribution in [0.4, 0.5) is 0 Å². The predicted molar refractivity (Wildman–Crippen MR) is 123 cm³/mol. The van der Waals surface area contributed by atoms with E-state index in [-0.39, 0.29) is 24.0 Å². The summed E-state index contributed by atoms with van der Waals surface area (Å²) in [5, 5.41) is 7.77. The van der Waals surface area contributed by atoms with Gasteiger partial charge in [0.25, 0.3) is 0 Å². The van der Waals surface area contributed by atoms with E-state index in [1.165, 1.54) is 0 Å². The maximum Gasteiger partial charge on any atom is 0.194 e. The number of hydrogen-bond donors (Lipinski definition) is 1. The lowest BCUT2D eigenvalue weighted by atomic mass is 10.3. The molecular weight excluding hydrogens is 465 g/mol. The summed E-state index contributed by atoms with van der Waals surface area (Å²) < 4.78 is 7.25. The second kappa shape index (κ2) is 11.3. The highest BCUT2D eigenvalue weighted by molar-refractivity contribution is 14.0. The Balaban J connectivity index is 0.00000280. The van der Waals surface area contributed by atoms with Crippen LogP contribution >= 0.6 is 24.0 Å². The van der Waals surface area contributed by atoms with Gasteiger partial charge in [-0.2, -0.15) is 5.10 Å². The van der Waals surface area contributed by atoms with Gasteiger partial charge in [0, 0.05) is 44.9 Å². The van der Waals surface area contributed by atoms with Crippen molar-refractivity contribution in [3.8, 4) is 5.69 Å². The number of para-hydroxylation sites is 1. The average Bonchev–Trinajstić information content (AvgIpc) is 3.37. The number of furan rings is 1. The number of nitrogens with zero attached hydrogens (tertiary/aromatic N) is 4. The van der Waals surface area contributed by atoms with Crippen LogP contribution in [0.3, 0.4) is 0 Å². The van der Waals surface area contributed by atoms with Crippen LogP contribution in [0.5, 0.6) is 0 Å². The minimum atomic E-state index is 0. The first-order valence-corrected chi connectivity index (χ1v) is 8.98. The zero-order valence-corrected chi connectivity index (χ0v) is 18.3. The van der Waals surface area contributed by atoms with Gasteiger partial charge in [0.2, 0.25) is 0 Å². The highest BCUT2D eigenvalue weighted by atomic mass is 127. The van der Waals surface area contributed by atoms with Crippen molar-refractivity contribution in [3.63, 3.8) is 0 Å². The Labute approximate surface area is 183 Å². The highest BCUT2D eigenvalue weighted by Gasteiger charge is 2.09. The molecule has 2 aromatic heterocycles. The van der Waals surface area contributed by atoms with Crippen molar-refractivity contribution in [1.29, 1.82) is 0 Å². The molecule has 3 aromatic rings. The summed E-state index contributed by atoms with van der Waals surface area (Å²) in [6.07, 6.45) is 8.21. The SMILES string of the molecule is C=CCNC(=NCCc1ccco1)N(C)Cc1cnn(-c2ccccc2)c1.I. The molecule has 148 valence electrons. The number of rotatable bonds is 8. The lowest BCUT2D eigenvalue weighted by molar-refractivity contribution is 0.475. The summed E-state index contributed by atoms with van der Waals surface area (Å²) in [7, 11) is 2.02. The third kappa shape index (κ3) is 6.26. The monoisotopic (exact) mass is 491 g/mol. The van der Waals surface area contributed by atoms with Gasteiger partial charge in [-0.25, -0.2) is 4.68 Å². The van der Waals surface area contributed by atoms with Crippen molar-refractivity contribution in [2.24, 2.45) is 4.99 Å². The first-order chi connectivity index (χ1) is 13.3. The van der Waals surface area contributed by atoms with Gasteiger partial charge in [0.1, 0.15) is 5.76 Å². The van der Waals surface area contributed by atoms with E-state index in [2.05, 4.69) is 21.9 Å². The van der Waals surface area contributed by atoms with Gasteiger partial charge in [-0.15, -0.1) is 30.6 Å². The summed E-state index contributed by atoms with van der Waals surface area (Å²) >= 11 is 0. The van der Waals surface area contributed by atoms with Gasteiger partial charge in [-0.3, -0.25) is 4.99 Å². The minimum Gasteiger partial charge on any atom is -0.469 e. The molecule has 3 rings (SSSR count). The molecule has 0 atom stereocenters. The summed E-state index contributed by atoms with van der Waals surface area (Å²) in [5.41, 5.74) is 2.16. The maximum absolute atomic E-state index is 5.37. The topological polar surface area (TPSA) is 58.6 Å². The van der Waals surface area contributed by atoms with Gasteiger partial charge in [0.05, 0.1) is 18.1 Å². The number of aliphatic imine (C=N–C) groups is 1. The van der Waals surface area contributed by atoms with Crippen molar-refractivity contribution in [3.05, 3.63) is 85.1 Å². The third-order valence-corrected chi connectivity index (χ3v) is 4.04. The molecule has 6 nitrogen and oxygen atoms in total. The van der Waals surface area contributed by atoms with Gasteiger partial charge >= 0.3 is 0 Å². The van der Waals surface area contributed by atoms with E-state index in [1.807, 2.05) is 72.7 Å². The lowest BCUT2D eigenvalue weighted by Gasteiger charge is -2.21. The standard InChI is InChI=1S/C21H25N5O.HI/c1-3-12-22-21(23-13-11-20-10-7-14-27-20)25(2)16-18-15-24-26(17-18)19-8-5-4-6-9-19;/h3-10,14-15,17H,1,11-13,16H2,2H3,(H,22,23);1H. The van der Waals surface area contributed by atoms with Crippen LogP contribution in [-0.4, -0.2) is 40.8 Å². The fourth-order valence-electron chi connectivity index (χ4n) is 2.71. The maximum atomic E-state index is 5.37. The average molecular weight is 491 g/mol. The van der Waals surface area contributed by atoms with E-state index >= 15 is 0 Å². The quantitative estimate of drug-likeness (QED) is 0.225. The minimum absolute atomic E-state index is 0. The van der Waals surface area contributed by atoms with Crippen molar-refractivity contribution in [2.75, 3.05) is 20.1 Å². The molecular formula is C21H26IN5O. The van der Waals surface area contributed by atoms with Gasteiger partial charge < -0.3 is 14.6 Å². The van der Waals surface area contributed by atoms with Crippen molar-refractivity contribution >= 4 is 29.9 Å². The van der Waals surface area contributed by atoms with Gasteiger partial charge in [-0.1, -0.05) is 24.3 Å². The Kier molecular flexibility index (Phi) is 8.80. The molecule has 0 aliphatic heterocycles. The summed E-state index contributed by atoms with van der Waals surface area (Å²) in [4.78, 5) is 6.77. The Morgan fingerprint density at radius 2 is 2.11 bits per heavy atom. The number of benzene rings is 1. The summed E-state index contributed by atoms with van der Waals surface area (Å²) in [5.74, 6) is 1.77. The molecule has 0 aliphatic carbocycles. The Morgan fingerprint density at radius 1 is 1.29 bits per heavy atom. The molecule has 1 N–H and O–H groups in total. The molecule has 2 heterocycles. The number of guanidine groups is 1. The van der Waals surface area contributed by atoms with E-state index in [0.717, 1.165) is 29.4 Å². The van der Waals surface area contributed by atoms with Crippen molar-refractivity contribution < 1.29 is 4.42 Å². The second-order valence-corrected chi connectivity index (χ2v) is 6.19. The third-order valence-electron chi connectivity index (χ3n) is 4.04. The summed E-state index contributed by atoms with van der Waals surface area (Å²) in [6, 6.07) is 13.9. The fourth-order valence-corrected chi connectivity index (χ4v) is 2.71. The Hall–Kier alpha value is -2.55. The fraction of sp³-hybridized carbons (Fsp3) is 0.238. The van der Waals surface area contributed by atoms with Crippen LogP contribution in [0, 0.1) is 0 Å². The van der Waals surface area contributed by atoms with E-state index < -0.39 is 0 Å². The second-order valence-electron chi connectivity index (χ2n) is 6.19. The molecule has 0 saturated carbocycles. The van der Waals surface area contributed by atoms with Crippen LogP contribution in [0.1, 0.15) is 11.3 Å². The zero-order chi connectivity index (χ0) is 18.9. The molecule has 0 fully saturated rings. The van der Waals surface area contributed by atoms with Crippen LogP contribution < -0.4 is 5.32 Å². The number of nitrogens with one attached hydrogen (secondary N) is 1. The van der Waals surface area contributed by atoms with Crippen LogP contribution in [0.25, 0.3) is 5.69 Å². The number of hydrogen-bond acceptors (Lipinski definition) is 3. The molecule has 0 aliphatic rings. The Bertz CT molecular complexity index is 858. The van der Waals surface area contributed by atoms with Gasteiger partial charge in [-0.05, 0) is 24.3 Å². The summed E-state index contributed by atoms with van der Waals surface area (Å²) in [6.45, 7) is 5.79. The molecule has 1 aromatic carbocycles. The normalized spacial score (nSPS) is 11.0. The molecule has 0 radical (unpaired) electrons. The van der Waals surface area contributed by atoms with Gasteiger partial charge in [0.15, 0.2) is 5.96 Å². The largest absolute Gasteiger partial charge is 0.469 e. The van der Waals surface area contributed by atoms with E-state index in [9.17, 15) is 0 Å². The molecule has 0 amide bonds. The van der Waals surface area contributed by atoms with Crippen molar-refractivity contribution in [2.45, 2.75) is 13.0 Å². The molecule has 28 heavy (non-hydrogen) atoms. The van der Waals surface area contributed by atoms with E-state index in [1.54, 1.807) is 6.26 Å². The highest BCUT2D eigenvalue weighted by Crippen LogP contribution is 2.09. The smallest absolute Gasteiger partial charge is 0.194 e. The molecule has 0 saturated heterocycles. The number of halogens is 1. The molecule has 0 spiro atoms. The van der Waals surface area contributed by atoms with Crippen LogP contribution in [0.2, 0.25) is 0 Å². The predicted octanol–water partition coefficient (Wildman–Crippen LogP) is 3.89. The molecule has 0 bridgehead atoms. The molecule has 7 heteroatoms. The first kappa shape index (κ1) is 21.7. The van der Waals surface area contributed by atoms with Crippen LogP contribution in [0.15, 0.2) is 83.2 Å². The van der Waals surface area contributed by atoms with E-state index in [4.69, 9.17) is 9.41 Å². The first-order valence-electron chi connectivity index (χ1n) is 8.98.